The highest BCUT2D eigenvalue weighted by Gasteiger charge is 2.23. The van der Waals surface area contributed by atoms with Crippen molar-refractivity contribution in [2.75, 3.05) is 13.1 Å². The second-order valence-electron chi connectivity index (χ2n) is 6.60. The number of nitrogens with zero attached hydrogens (tertiary/aromatic N) is 4. The fourth-order valence-corrected chi connectivity index (χ4v) is 3.60. The van der Waals surface area contributed by atoms with Gasteiger partial charge in [-0.05, 0) is 31.6 Å². The van der Waals surface area contributed by atoms with E-state index in [-0.39, 0.29) is 5.56 Å². The van der Waals surface area contributed by atoms with E-state index in [1.807, 2.05) is 0 Å². The second-order valence-corrected chi connectivity index (χ2v) is 6.60. The zero-order chi connectivity index (χ0) is 16.4. The van der Waals surface area contributed by atoms with Crippen LogP contribution in [0.2, 0.25) is 0 Å². The lowest BCUT2D eigenvalue weighted by atomic mass is 9.93. The maximum Gasteiger partial charge on any atom is 0.254 e. The van der Waals surface area contributed by atoms with Crippen molar-refractivity contribution in [3.63, 3.8) is 0 Å². The molecule has 0 fully saturated rings. The van der Waals surface area contributed by atoms with Crippen LogP contribution in [0.5, 0.6) is 0 Å². The fourth-order valence-electron chi connectivity index (χ4n) is 3.60. The maximum atomic E-state index is 12.4. The molecule has 0 amide bonds. The van der Waals surface area contributed by atoms with Crippen LogP contribution >= 0.6 is 0 Å². The molecule has 124 valence electrons. The fraction of sp³-hybridized carbons (Fsp3) is 0.444. The quantitative estimate of drug-likeness (QED) is 0.874. The van der Waals surface area contributed by atoms with Crippen LogP contribution in [0.25, 0.3) is 11.4 Å². The number of H-pyrrole nitrogens is 1. The average molecular weight is 323 g/mol. The summed E-state index contributed by atoms with van der Waals surface area (Å²) in [6, 6.07) is 0. The van der Waals surface area contributed by atoms with E-state index < -0.39 is 0 Å². The third kappa shape index (κ3) is 3.14. The number of nitrogens with one attached hydrogen (secondary N) is 1. The predicted molar refractivity (Wildman–Crippen MR) is 91.3 cm³/mol. The molecular weight excluding hydrogens is 302 g/mol. The minimum absolute atomic E-state index is 0.0286. The van der Waals surface area contributed by atoms with Crippen molar-refractivity contribution < 1.29 is 0 Å². The van der Waals surface area contributed by atoms with Crippen LogP contribution in [0.15, 0.2) is 35.7 Å². The summed E-state index contributed by atoms with van der Waals surface area (Å²) in [5.74, 6) is 1.28. The summed E-state index contributed by atoms with van der Waals surface area (Å²) < 4.78 is 0. The van der Waals surface area contributed by atoms with Crippen LogP contribution in [-0.4, -0.2) is 37.9 Å². The maximum absolute atomic E-state index is 12.4. The van der Waals surface area contributed by atoms with Crippen molar-refractivity contribution in [1.29, 1.82) is 0 Å². The lowest BCUT2D eigenvalue weighted by Gasteiger charge is -2.31. The van der Waals surface area contributed by atoms with E-state index in [9.17, 15) is 4.79 Å². The van der Waals surface area contributed by atoms with Gasteiger partial charge in [-0.1, -0.05) is 12.2 Å². The smallest absolute Gasteiger partial charge is 0.254 e. The third-order valence-corrected chi connectivity index (χ3v) is 4.88. The van der Waals surface area contributed by atoms with Gasteiger partial charge in [0.25, 0.3) is 5.56 Å². The zero-order valence-electron chi connectivity index (χ0n) is 13.6. The Hall–Kier alpha value is -2.34. The van der Waals surface area contributed by atoms with Crippen LogP contribution in [0.3, 0.4) is 0 Å². The first-order chi connectivity index (χ1) is 11.8. The molecule has 2 aliphatic rings. The minimum atomic E-state index is -0.0286. The highest BCUT2D eigenvalue weighted by atomic mass is 16.1. The summed E-state index contributed by atoms with van der Waals surface area (Å²) >= 11 is 0. The lowest BCUT2D eigenvalue weighted by molar-refractivity contribution is 0.203. The molecule has 0 radical (unpaired) electrons. The van der Waals surface area contributed by atoms with Crippen molar-refractivity contribution in [1.82, 2.24) is 24.8 Å². The van der Waals surface area contributed by atoms with Gasteiger partial charge in [-0.25, -0.2) is 15.0 Å². The zero-order valence-corrected chi connectivity index (χ0v) is 13.6. The summed E-state index contributed by atoms with van der Waals surface area (Å²) in [5, 5.41) is 0. The lowest BCUT2D eigenvalue weighted by Crippen LogP contribution is -2.38. The molecule has 1 aliphatic heterocycles. The number of rotatable bonds is 3. The molecule has 1 N–H and O–H groups in total. The normalized spacial score (nSPS) is 20.8. The molecule has 0 bridgehead atoms. The highest BCUT2D eigenvalue weighted by Crippen LogP contribution is 2.23. The van der Waals surface area contributed by atoms with E-state index in [0.29, 0.717) is 5.82 Å². The molecule has 24 heavy (non-hydrogen) atoms. The van der Waals surface area contributed by atoms with E-state index in [1.165, 1.54) is 25.6 Å². The van der Waals surface area contributed by atoms with E-state index in [1.54, 1.807) is 12.4 Å². The van der Waals surface area contributed by atoms with Crippen LogP contribution < -0.4 is 5.56 Å². The Bertz CT molecular complexity index is 799. The topological polar surface area (TPSA) is 74.8 Å². The number of hydrogen-bond donors (Lipinski definition) is 1. The molecule has 4 rings (SSSR count). The summed E-state index contributed by atoms with van der Waals surface area (Å²) in [6.45, 7) is 2.77. The number of hydrogen-bond acceptors (Lipinski definition) is 5. The van der Waals surface area contributed by atoms with E-state index in [4.69, 9.17) is 4.98 Å². The Morgan fingerprint density at radius 2 is 2.12 bits per heavy atom. The number of fused-ring (bicyclic) bond motifs is 1. The van der Waals surface area contributed by atoms with Crippen molar-refractivity contribution in [2.45, 2.75) is 32.2 Å². The Morgan fingerprint density at radius 1 is 1.25 bits per heavy atom. The van der Waals surface area contributed by atoms with E-state index >= 15 is 0 Å². The van der Waals surface area contributed by atoms with E-state index in [0.717, 1.165) is 48.8 Å². The van der Waals surface area contributed by atoms with Gasteiger partial charge in [0.1, 0.15) is 12.2 Å². The molecule has 0 spiro atoms. The molecule has 6 nitrogen and oxygen atoms in total. The van der Waals surface area contributed by atoms with Crippen LogP contribution in [0.4, 0.5) is 0 Å². The molecule has 1 aliphatic carbocycles. The molecule has 6 heteroatoms. The Morgan fingerprint density at radius 3 is 2.92 bits per heavy atom. The molecule has 1 atom stereocenters. The Kier molecular flexibility index (Phi) is 4.21. The minimum Gasteiger partial charge on any atom is -0.306 e. The first-order valence-corrected chi connectivity index (χ1v) is 8.54. The molecule has 0 saturated carbocycles. The molecule has 1 unspecified atom stereocenters. The summed E-state index contributed by atoms with van der Waals surface area (Å²) in [6.07, 6.45) is 13.8. The van der Waals surface area contributed by atoms with Gasteiger partial charge in [0.05, 0.1) is 11.3 Å². The number of aromatic nitrogens is 4. The van der Waals surface area contributed by atoms with Gasteiger partial charge in [-0.3, -0.25) is 9.69 Å². The largest absolute Gasteiger partial charge is 0.306 e. The number of allylic oxidation sites excluding steroid dienone is 2. The van der Waals surface area contributed by atoms with Gasteiger partial charge in [0.2, 0.25) is 0 Å². The van der Waals surface area contributed by atoms with Gasteiger partial charge in [-0.2, -0.15) is 0 Å². The molecule has 3 heterocycles. The Labute approximate surface area is 140 Å². The first kappa shape index (κ1) is 15.2. The third-order valence-electron chi connectivity index (χ3n) is 4.88. The van der Waals surface area contributed by atoms with Crippen molar-refractivity contribution in [2.24, 2.45) is 5.92 Å². The molecule has 2 aromatic heterocycles. The van der Waals surface area contributed by atoms with Crippen LogP contribution in [0.1, 0.15) is 30.5 Å². The first-order valence-electron chi connectivity index (χ1n) is 8.54. The monoisotopic (exact) mass is 323 g/mol. The van der Waals surface area contributed by atoms with Gasteiger partial charge >= 0.3 is 0 Å². The van der Waals surface area contributed by atoms with Crippen molar-refractivity contribution in [3.8, 4) is 11.4 Å². The number of aromatic amines is 1. The molecule has 0 saturated heterocycles. The SMILES string of the molecule is O=c1[nH]c(-c2cncnc2)nc2c1CCN(CC1CC=CCC1)C2. The molecular formula is C18H21N5O. The van der Waals surface area contributed by atoms with Gasteiger partial charge < -0.3 is 4.98 Å². The second kappa shape index (κ2) is 6.65. The molecule has 0 aromatic carbocycles. The van der Waals surface area contributed by atoms with Gasteiger partial charge in [0, 0.05) is 37.6 Å². The van der Waals surface area contributed by atoms with Crippen LogP contribution in [-0.2, 0) is 13.0 Å². The average Bonchev–Trinajstić information content (AvgIpc) is 2.63. The summed E-state index contributed by atoms with van der Waals surface area (Å²) in [7, 11) is 0. The van der Waals surface area contributed by atoms with Gasteiger partial charge in [0.15, 0.2) is 0 Å². The van der Waals surface area contributed by atoms with Gasteiger partial charge in [-0.15, -0.1) is 0 Å². The summed E-state index contributed by atoms with van der Waals surface area (Å²) in [4.78, 5) is 30.4. The highest BCUT2D eigenvalue weighted by molar-refractivity contribution is 5.52. The summed E-state index contributed by atoms with van der Waals surface area (Å²) in [5.41, 5.74) is 2.44. The predicted octanol–water partition coefficient (Wildman–Crippen LogP) is 1.94. The standard InChI is InChI=1S/C18H21N5O/c24-18-15-6-7-23(10-13-4-2-1-3-5-13)11-16(15)21-17(22-18)14-8-19-12-20-9-14/h1-2,8-9,12-13H,3-7,10-11H2,(H,21,22,24). The van der Waals surface area contributed by atoms with E-state index in [2.05, 4.69) is 32.0 Å². The Balaban J connectivity index is 1.57. The van der Waals surface area contributed by atoms with Crippen LogP contribution in [0, 0.1) is 5.92 Å². The van der Waals surface area contributed by atoms with Crippen molar-refractivity contribution >= 4 is 0 Å². The van der Waals surface area contributed by atoms with Crippen molar-refractivity contribution in [3.05, 3.63) is 52.5 Å². The molecule has 2 aromatic rings.